The van der Waals surface area contributed by atoms with E-state index >= 15 is 0 Å². The summed E-state index contributed by atoms with van der Waals surface area (Å²) in [5.74, 6) is 0.516. The van der Waals surface area contributed by atoms with Gasteiger partial charge in [-0.05, 0) is 37.1 Å². The maximum absolute atomic E-state index is 12.8. The summed E-state index contributed by atoms with van der Waals surface area (Å²) >= 11 is 0. The third-order valence-corrected chi connectivity index (χ3v) is 5.14. The van der Waals surface area contributed by atoms with E-state index in [1.807, 2.05) is 35.0 Å². The fourth-order valence-electron chi connectivity index (χ4n) is 3.67. The highest BCUT2D eigenvalue weighted by Crippen LogP contribution is 2.22. The van der Waals surface area contributed by atoms with Gasteiger partial charge in [0.25, 0.3) is 5.91 Å². The summed E-state index contributed by atoms with van der Waals surface area (Å²) in [6, 6.07) is 7.56. The molecule has 0 bridgehead atoms. The lowest BCUT2D eigenvalue weighted by Gasteiger charge is -2.30. The zero-order valence-electron chi connectivity index (χ0n) is 15.6. The number of hydrogen-bond acceptors (Lipinski definition) is 6. The molecule has 1 saturated heterocycles. The van der Waals surface area contributed by atoms with Gasteiger partial charge in [0.05, 0.1) is 23.6 Å². The lowest BCUT2D eigenvalue weighted by Crippen LogP contribution is -2.42. The van der Waals surface area contributed by atoms with Crippen molar-refractivity contribution in [3.05, 3.63) is 54.7 Å². The Labute approximate surface area is 166 Å². The summed E-state index contributed by atoms with van der Waals surface area (Å²) in [6.45, 7) is 1.04. The van der Waals surface area contributed by atoms with Crippen LogP contribution in [0, 0.1) is 0 Å². The summed E-state index contributed by atoms with van der Waals surface area (Å²) in [6.07, 6.45) is 7.80. The Balaban J connectivity index is 1.43. The summed E-state index contributed by atoms with van der Waals surface area (Å²) in [4.78, 5) is 27.5. The van der Waals surface area contributed by atoms with Crippen molar-refractivity contribution in [2.75, 3.05) is 13.1 Å². The average molecular weight is 389 g/mol. The summed E-state index contributed by atoms with van der Waals surface area (Å²) in [5.41, 5.74) is 2.83. The largest absolute Gasteiger partial charge is 0.391 e. The van der Waals surface area contributed by atoms with Crippen LogP contribution in [0.2, 0.25) is 0 Å². The van der Waals surface area contributed by atoms with E-state index in [-0.39, 0.29) is 5.91 Å². The minimum absolute atomic E-state index is 0.0935. The van der Waals surface area contributed by atoms with E-state index in [0.717, 1.165) is 29.6 Å². The van der Waals surface area contributed by atoms with E-state index < -0.39 is 6.10 Å². The van der Waals surface area contributed by atoms with Crippen LogP contribution in [0.5, 0.6) is 0 Å². The number of pyridine rings is 2. The predicted molar refractivity (Wildman–Crippen MR) is 105 cm³/mol. The summed E-state index contributed by atoms with van der Waals surface area (Å²) in [5, 5.41) is 17.3. The molecule has 2 N–H and O–H groups in total. The lowest BCUT2D eigenvalue weighted by molar-refractivity contribution is 0.0473. The SMILES string of the molecule is O=C(c1cnc2c(ccn2-c2ccc(-c3ncn[nH]3)nc2)c1)N1CCC[C@H](O)C1. The van der Waals surface area contributed by atoms with Gasteiger partial charge in [-0.15, -0.1) is 0 Å². The third kappa shape index (κ3) is 3.25. The van der Waals surface area contributed by atoms with Crippen LogP contribution >= 0.6 is 0 Å². The van der Waals surface area contributed by atoms with Gasteiger partial charge in [0.2, 0.25) is 0 Å². The number of rotatable bonds is 3. The Morgan fingerprint density at radius 1 is 1.17 bits per heavy atom. The number of hydrogen-bond donors (Lipinski definition) is 2. The monoisotopic (exact) mass is 389 g/mol. The number of H-pyrrole nitrogens is 1. The molecule has 5 rings (SSSR count). The van der Waals surface area contributed by atoms with Gasteiger partial charge in [-0.3, -0.25) is 19.4 Å². The fraction of sp³-hybridized carbons (Fsp3) is 0.250. The number of nitrogens with zero attached hydrogens (tertiary/aromatic N) is 6. The first-order valence-corrected chi connectivity index (χ1v) is 9.45. The van der Waals surface area contributed by atoms with Crippen LogP contribution in [0.25, 0.3) is 28.2 Å². The van der Waals surface area contributed by atoms with Crippen LogP contribution in [-0.2, 0) is 0 Å². The van der Waals surface area contributed by atoms with E-state index in [9.17, 15) is 9.90 Å². The molecule has 5 heterocycles. The molecule has 0 aliphatic carbocycles. The molecule has 0 spiro atoms. The molecule has 1 fully saturated rings. The third-order valence-electron chi connectivity index (χ3n) is 5.14. The van der Waals surface area contributed by atoms with E-state index in [1.165, 1.54) is 6.33 Å². The minimum atomic E-state index is -0.446. The Morgan fingerprint density at radius 3 is 2.86 bits per heavy atom. The standard InChI is InChI=1S/C20H19N7O2/c28-16-2-1-6-26(11-16)20(29)14-8-13-5-7-27(19(13)22-9-14)15-3-4-17(21-10-15)18-23-12-24-25-18/h3-5,7-10,12,16,28H,1-2,6,11H2,(H,23,24,25)/t16-/m0/s1. The van der Waals surface area contributed by atoms with Crippen LogP contribution in [0.15, 0.2) is 49.2 Å². The molecule has 146 valence electrons. The zero-order valence-corrected chi connectivity index (χ0v) is 15.6. The van der Waals surface area contributed by atoms with Crippen LogP contribution < -0.4 is 0 Å². The number of fused-ring (bicyclic) bond motifs is 1. The van der Waals surface area contributed by atoms with Gasteiger partial charge < -0.3 is 10.0 Å². The van der Waals surface area contributed by atoms with Gasteiger partial charge in [-0.2, -0.15) is 5.10 Å². The van der Waals surface area contributed by atoms with Crippen molar-refractivity contribution in [3.8, 4) is 17.2 Å². The molecule has 0 unspecified atom stereocenters. The number of carbonyl (C=O) groups is 1. The normalized spacial score (nSPS) is 17.0. The Bertz CT molecular complexity index is 1150. The van der Waals surface area contributed by atoms with Crippen LogP contribution in [-0.4, -0.2) is 64.8 Å². The molecule has 9 nitrogen and oxygen atoms in total. The highest BCUT2D eigenvalue weighted by atomic mass is 16.3. The molecule has 4 aromatic rings. The number of aromatic amines is 1. The molecule has 1 aliphatic rings. The Morgan fingerprint density at radius 2 is 2.10 bits per heavy atom. The highest BCUT2D eigenvalue weighted by Gasteiger charge is 2.23. The van der Waals surface area contributed by atoms with Crippen molar-refractivity contribution < 1.29 is 9.90 Å². The molecule has 4 aromatic heterocycles. The first-order valence-electron chi connectivity index (χ1n) is 9.45. The molecule has 0 aromatic carbocycles. The second kappa shape index (κ2) is 7.10. The molecule has 1 atom stereocenters. The topological polar surface area (TPSA) is 113 Å². The number of β-amino-alcohol motifs (C(OH)–C–C–N with tert-alkyl or cyclic N) is 1. The second-order valence-corrected chi connectivity index (χ2v) is 7.11. The molecular weight excluding hydrogens is 370 g/mol. The first-order chi connectivity index (χ1) is 14.2. The quantitative estimate of drug-likeness (QED) is 0.552. The van der Waals surface area contributed by atoms with Gasteiger partial charge in [0, 0.05) is 30.9 Å². The number of nitrogens with one attached hydrogen (secondary N) is 1. The molecule has 29 heavy (non-hydrogen) atoms. The van der Waals surface area contributed by atoms with E-state index in [2.05, 4.69) is 25.1 Å². The van der Waals surface area contributed by atoms with Gasteiger partial charge in [-0.25, -0.2) is 9.97 Å². The number of carbonyl (C=O) groups excluding carboxylic acids is 1. The molecule has 0 radical (unpaired) electrons. The van der Waals surface area contributed by atoms with Crippen molar-refractivity contribution in [1.82, 2.24) is 34.6 Å². The second-order valence-electron chi connectivity index (χ2n) is 7.11. The van der Waals surface area contributed by atoms with Crippen molar-refractivity contribution in [1.29, 1.82) is 0 Å². The molecule has 0 saturated carbocycles. The van der Waals surface area contributed by atoms with Gasteiger partial charge in [0.1, 0.15) is 17.7 Å². The molecular formula is C20H19N7O2. The van der Waals surface area contributed by atoms with Gasteiger partial charge in [-0.1, -0.05) is 0 Å². The summed E-state index contributed by atoms with van der Waals surface area (Å²) in [7, 11) is 0. The van der Waals surface area contributed by atoms with E-state index in [4.69, 9.17) is 0 Å². The van der Waals surface area contributed by atoms with Crippen LogP contribution in [0.4, 0.5) is 0 Å². The predicted octanol–water partition coefficient (Wildman–Crippen LogP) is 1.80. The van der Waals surface area contributed by atoms with Crippen molar-refractivity contribution >= 4 is 16.9 Å². The number of likely N-dealkylation sites (tertiary alicyclic amines) is 1. The molecule has 1 amide bonds. The number of aromatic nitrogens is 6. The smallest absolute Gasteiger partial charge is 0.255 e. The van der Waals surface area contributed by atoms with Crippen molar-refractivity contribution in [2.24, 2.45) is 0 Å². The first kappa shape index (κ1) is 17.5. The van der Waals surface area contributed by atoms with Gasteiger partial charge in [0.15, 0.2) is 5.82 Å². The lowest BCUT2D eigenvalue weighted by atomic mass is 10.1. The number of piperidine rings is 1. The Kier molecular flexibility index (Phi) is 4.28. The van der Waals surface area contributed by atoms with Crippen LogP contribution in [0.3, 0.4) is 0 Å². The fourth-order valence-corrected chi connectivity index (χ4v) is 3.67. The Hall–Kier alpha value is -3.59. The van der Waals surface area contributed by atoms with Gasteiger partial charge >= 0.3 is 0 Å². The number of amides is 1. The van der Waals surface area contributed by atoms with Crippen molar-refractivity contribution in [3.63, 3.8) is 0 Å². The average Bonchev–Trinajstić information content (AvgIpc) is 3.43. The maximum Gasteiger partial charge on any atom is 0.255 e. The number of aliphatic hydroxyl groups is 1. The maximum atomic E-state index is 12.8. The van der Waals surface area contributed by atoms with E-state index in [0.29, 0.717) is 30.2 Å². The van der Waals surface area contributed by atoms with Crippen molar-refractivity contribution in [2.45, 2.75) is 18.9 Å². The minimum Gasteiger partial charge on any atom is -0.391 e. The molecule has 9 heteroatoms. The zero-order chi connectivity index (χ0) is 19.8. The van der Waals surface area contributed by atoms with E-state index in [1.54, 1.807) is 17.3 Å². The van der Waals surface area contributed by atoms with Crippen LogP contribution in [0.1, 0.15) is 23.2 Å². The highest BCUT2D eigenvalue weighted by molar-refractivity contribution is 5.97. The summed E-state index contributed by atoms with van der Waals surface area (Å²) < 4.78 is 1.92. The molecule has 1 aliphatic heterocycles. The number of aliphatic hydroxyl groups excluding tert-OH is 1.